The number of benzene rings is 2. The molecule has 172 valence electrons. The van der Waals surface area contributed by atoms with Crippen LogP contribution in [0.15, 0.2) is 40.8 Å². The summed E-state index contributed by atoms with van der Waals surface area (Å²) in [6.07, 6.45) is -6.71. The molecule has 3 unspecified atom stereocenters. The number of rotatable bonds is 3. The van der Waals surface area contributed by atoms with Gasteiger partial charge < -0.3 is 57.6 Å². The lowest BCUT2D eigenvalue weighted by atomic mass is 10.00. The number of phenolic OH excluding ortho intramolecular Hbond substituents is 4. The van der Waals surface area contributed by atoms with Crippen LogP contribution >= 0.6 is 0 Å². The number of halogens is 1. The summed E-state index contributed by atoms with van der Waals surface area (Å²) in [6.45, 7) is 1.49. The Balaban J connectivity index is 0.00000289. The number of fused-ring (bicyclic) bond motifs is 1. The zero-order valence-corrected chi connectivity index (χ0v) is 17.3. The van der Waals surface area contributed by atoms with Crippen LogP contribution in [0, 0.1) is 0 Å². The largest absolute Gasteiger partial charge is 1.00 e. The second-order valence-electron chi connectivity index (χ2n) is 7.32. The molecule has 0 spiro atoms. The predicted molar refractivity (Wildman–Crippen MR) is 106 cm³/mol. The van der Waals surface area contributed by atoms with Crippen LogP contribution in [0.5, 0.6) is 28.7 Å². The average Bonchev–Trinajstić information content (AvgIpc) is 2.72. The molecule has 11 heteroatoms. The maximum atomic E-state index is 10.3. The molecule has 1 aliphatic heterocycles. The lowest BCUT2D eigenvalue weighted by Crippen LogP contribution is -3.00. The SMILES string of the molecule is CC1O[C@H](Oc2cc3c(O)cc(O)cc3[o+]c2-c2ccc(O)c(O)c2)C(O)C(O)[C@@H]1O.[Cl-]. The van der Waals surface area contributed by atoms with E-state index < -0.39 is 36.5 Å². The lowest BCUT2D eigenvalue weighted by Gasteiger charge is -2.38. The molecule has 32 heavy (non-hydrogen) atoms. The van der Waals surface area contributed by atoms with Crippen molar-refractivity contribution in [3.63, 3.8) is 0 Å². The fraction of sp³-hybridized carbons (Fsp3) is 0.286. The fourth-order valence-corrected chi connectivity index (χ4v) is 3.37. The summed E-state index contributed by atoms with van der Waals surface area (Å²) in [5.41, 5.74) is 0.343. The lowest BCUT2D eigenvalue weighted by molar-refractivity contribution is -0.268. The van der Waals surface area contributed by atoms with E-state index >= 15 is 0 Å². The highest BCUT2D eigenvalue weighted by Crippen LogP contribution is 2.42. The van der Waals surface area contributed by atoms with E-state index in [1.165, 1.54) is 37.3 Å². The number of phenols is 4. The summed E-state index contributed by atoms with van der Waals surface area (Å²) < 4.78 is 17.0. The van der Waals surface area contributed by atoms with Crippen LogP contribution < -0.4 is 17.1 Å². The summed E-state index contributed by atoms with van der Waals surface area (Å²) in [5, 5.41) is 69.8. The maximum absolute atomic E-state index is 10.3. The smallest absolute Gasteiger partial charge is 0.402 e. The Labute approximate surface area is 187 Å². The second-order valence-corrected chi connectivity index (χ2v) is 7.32. The zero-order chi connectivity index (χ0) is 22.4. The van der Waals surface area contributed by atoms with E-state index in [0.717, 1.165) is 6.07 Å². The van der Waals surface area contributed by atoms with Crippen LogP contribution in [0.3, 0.4) is 0 Å². The highest BCUT2D eigenvalue weighted by molar-refractivity contribution is 5.88. The number of hydrogen-bond acceptors (Lipinski definition) is 9. The molecule has 1 fully saturated rings. The molecule has 7 N–H and O–H groups in total. The number of hydrogen-bond donors (Lipinski definition) is 7. The Morgan fingerprint density at radius 2 is 1.56 bits per heavy atom. The van der Waals surface area contributed by atoms with Crippen LogP contribution in [0.4, 0.5) is 0 Å². The number of aromatic hydroxyl groups is 4. The molecular weight excluding hydrogens is 448 g/mol. The molecule has 5 atom stereocenters. The van der Waals surface area contributed by atoms with Gasteiger partial charge in [-0.3, -0.25) is 0 Å². The van der Waals surface area contributed by atoms with Crippen molar-refractivity contribution in [2.75, 3.05) is 0 Å². The van der Waals surface area contributed by atoms with Crippen molar-refractivity contribution in [2.24, 2.45) is 0 Å². The summed E-state index contributed by atoms with van der Waals surface area (Å²) in [6, 6.07) is 7.58. The molecule has 10 nitrogen and oxygen atoms in total. The van der Waals surface area contributed by atoms with Gasteiger partial charge in [0.15, 0.2) is 11.5 Å². The molecule has 0 radical (unpaired) electrons. The van der Waals surface area contributed by atoms with Crippen LogP contribution in [0.25, 0.3) is 22.3 Å². The second kappa shape index (κ2) is 8.85. The van der Waals surface area contributed by atoms with E-state index in [2.05, 4.69) is 0 Å². The topological polar surface area (TPSA) is 171 Å². The minimum absolute atomic E-state index is 0. The Hall–Kier alpha value is -3.02. The molecule has 2 aromatic carbocycles. The van der Waals surface area contributed by atoms with Crippen LogP contribution in [-0.2, 0) is 4.74 Å². The molecule has 3 aromatic rings. The van der Waals surface area contributed by atoms with Gasteiger partial charge in [-0.2, -0.15) is 0 Å². The van der Waals surface area contributed by atoms with Crippen LogP contribution in [-0.4, -0.2) is 66.5 Å². The van der Waals surface area contributed by atoms with E-state index in [-0.39, 0.29) is 57.7 Å². The first kappa shape index (κ1) is 23.6. The first-order valence-electron chi connectivity index (χ1n) is 9.37. The third-order valence-electron chi connectivity index (χ3n) is 5.11. The van der Waals surface area contributed by atoms with Crippen LogP contribution in [0.1, 0.15) is 6.92 Å². The van der Waals surface area contributed by atoms with Crippen LogP contribution in [0.2, 0.25) is 0 Å². The van der Waals surface area contributed by atoms with E-state index in [9.17, 15) is 35.7 Å². The van der Waals surface area contributed by atoms with Gasteiger partial charge in [0.05, 0.1) is 17.7 Å². The molecular formula is C21H21ClO10. The first-order valence-corrected chi connectivity index (χ1v) is 9.37. The minimum Gasteiger partial charge on any atom is -1.00 e. The van der Waals surface area contributed by atoms with Crippen molar-refractivity contribution in [3.05, 3.63) is 36.4 Å². The highest BCUT2D eigenvalue weighted by Gasteiger charge is 2.44. The van der Waals surface area contributed by atoms with E-state index in [4.69, 9.17) is 13.9 Å². The van der Waals surface area contributed by atoms with E-state index in [1.807, 2.05) is 0 Å². The molecule has 0 bridgehead atoms. The molecule has 0 aliphatic carbocycles. The standard InChI is InChI=1S/C21H20O10.ClH/c1-8-17(26)18(27)19(28)21(29-8)31-16-7-11-13(24)5-10(22)6-15(11)30-20(16)9-2-3-12(23)14(25)4-9;/h2-8,17-19,21,26-28H,1H3,(H3-,22,23,24,25);1H/t8?,17-,18?,19?,21-;/m1./s1. The van der Waals surface area contributed by atoms with Crippen molar-refractivity contribution in [1.82, 2.24) is 0 Å². The predicted octanol–water partition coefficient (Wildman–Crippen LogP) is -1.59. The van der Waals surface area contributed by atoms with Gasteiger partial charge in [-0.1, -0.05) is 0 Å². The Morgan fingerprint density at radius 3 is 2.25 bits per heavy atom. The maximum Gasteiger partial charge on any atom is 0.402 e. The minimum atomic E-state index is -1.60. The van der Waals surface area contributed by atoms with Crippen molar-refractivity contribution in [3.8, 4) is 40.1 Å². The number of ether oxygens (including phenoxy) is 2. The molecule has 0 saturated carbocycles. The van der Waals surface area contributed by atoms with Gasteiger partial charge in [0.2, 0.25) is 12.0 Å². The van der Waals surface area contributed by atoms with Gasteiger partial charge in [-0.25, -0.2) is 4.42 Å². The molecule has 0 amide bonds. The molecule has 4 rings (SSSR count). The Bertz CT molecular complexity index is 1140. The Kier molecular flexibility index (Phi) is 6.54. The summed E-state index contributed by atoms with van der Waals surface area (Å²) in [4.78, 5) is 0. The normalized spacial score (nSPS) is 25.3. The highest BCUT2D eigenvalue weighted by atomic mass is 35.5. The summed E-state index contributed by atoms with van der Waals surface area (Å²) in [7, 11) is 0. The van der Waals surface area contributed by atoms with E-state index in [1.54, 1.807) is 0 Å². The fourth-order valence-electron chi connectivity index (χ4n) is 3.37. The van der Waals surface area contributed by atoms with Crippen molar-refractivity contribution < 1.29 is 62.0 Å². The molecule has 1 aromatic heterocycles. The average molecular weight is 469 g/mol. The zero-order valence-electron chi connectivity index (χ0n) is 16.6. The van der Waals surface area contributed by atoms with Crippen molar-refractivity contribution in [2.45, 2.75) is 37.6 Å². The first-order chi connectivity index (χ1) is 14.7. The van der Waals surface area contributed by atoms with Gasteiger partial charge in [-0.15, -0.1) is 0 Å². The number of aliphatic hydroxyl groups excluding tert-OH is 3. The molecule has 1 saturated heterocycles. The summed E-state index contributed by atoms with van der Waals surface area (Å²) >= 11 is 0. The molecule has 2 heterocycles. The van der Waals surface area contributed by atoms with Crippen molar-refractivity contribution >= 4 is 11.0 Å². The number of aliphatic hydroxyl groups is 3. The third kappa shape index (κ3) is 4.18. The monoisotopic (exact) mass is 468 g/mol. The third-order valence-corrected chi connectivity index (χ3v) is 5.11. The quantitative estimate of drug-likeness (QED) is 0.175. The van der Waals surface area contributed by atoms with Gasteiger partial charge in [0.25, 0.3) is 0 Å². The van der Waals surface area contributed by atoms with Crippen molar-refractivity contribution in [1.29, 1.82) is 0 Å². The van der Waals surface area contributed by atoms with Gasteiger partial charge in [0, 0.05) is 18.2 Å². The van der Waals surface area contributed by atoms with Gasteiger partial charge >= 0.3 is 11.3 Å². The Morgan fingerprint density at radius 1 is 0.844 bits per heavy atom. The van der Waals surface area contributed by atoms with Gasteiger partial charge in [0.1, 0.15) is 35.2 Å². The van der Waals surface area contributed by atoms with E-state index in [0.29, 0.717) is 0 Å². The van der Waals surface area contributed by atoms with Gasteiger partial charge in [-0.05, 0) is 19.1 Å². The molecule has 1 aliphatic rings. The summed E-state index contributed by atoms with van der Waals surface area (Å²) in [5.74, 6) is -1.38.